The van der Waals surface area contributed by atoms with Gasteiger partial charge in [0.25, 0.3) is 0 Å². The van der Waals surface area contributed by atoms with Crippen LogP contribution in [0, 0.1) is 0 Å². The molecule has 2 heteroatoms. The van der Waals surface area contributed by atoms with Crippen molar-refractivity contribution in [1.82, 2.24) is 0 Å². The molecule has 2 rings (SSSR count). The van der Waals surface area contributed by atoms with E-state index < -0.39 is 6.17 Å². The summed E-state index contributed by atoms with van der Waals surface area (Å²) in [5, 5.41) is 0. The van der Waals surface area contributed by atoms with Gasteiger partial charge in [0.1, 0.15) is 0 Å². The van der Waals surface area contributed by atoms with Crippen LogP contribution in [-0.2, 0) is 17.6 Å². The molecular formula is C10H9FO. The number of ketones is 1. The molecule has 1 atom stereocenters. The zero-order chi connectivity index (χ0) is 8.55. The molecule has 0 bridgehead atoms. The van der Waals surface area contributed by atoms with Crippen molar-refractivity contribution in [3.8, 4) is 0 Å². The van der Waals surface area contributed by atoms with E-state index in [9.17, 15) is 9.18 Å². The lowest BCUT2D eigenvalue weighted by molar-refractivity contribution is -0.123. The maximum absolute atomic E-state index is 12.9. The molecule has 0 radical (unpaired) electrons. The Kier molecular flexibility index (Phi) is 1.68. The summed E-state index contributed by atoms with van der Waals surface area (Å²) in [6.45, 7) is 0. The van der Waals surface area contributed by atoms with Gasteiger partial charge in [-0.25, -0.2) is 4.39 Å². The van der Waals surface area contributed by atoms with Crippen molar-refractivity contribution in [2.24, 2.45) is 0 Å². The van der Waals surface area contributed by atoms with Crippen molar-refractivity contribution in [2.45, 2.75) is 19.0 Å². The highest BCUT2D eigenvalue weighted by Crippen LogP contribution is 2.20. The smallest absolute Gasteiger partial charge is 0.171 e. The SMILES string of the molecule is O=C1Cc2ccccc2CC1F. The minimum absolute atomic E-state index is 0.259. The van der Waals surface area contributed by atoms with E-state index in [2.05, 4.69) is 0 Å². The van der Waals surface area contributed by atoms with Gasteiger partial charge in [-0.3, -0.25) is 4.79 Å². The summed E-state index contributed by atoms with van der Waals surface area (Å²) in [4.78, 5) is 11.0. The van der Waals surface area contributed by atoms with Crippen LogP contribution in [0.15, 0.2) is 24.3 Å². The molecule has 0 amide bonds. The Balaban J connectivity index is 2.40. The number of fused-ring (bicyclic) bond motifs is 1. The van der Waals surface area contributed by atoms with Gasteiger partial charge in [0, 0.05) is 12.8 Å². The first-order chi connectivity index (χ1) is 5.77. The number of benzene rings is 1. The van der Waals surface area contributed by atoms with Crippen molar-refractivity contribution in [3.05, 3.63) is 35.4 Å². The monoisotopic (exact) mass is 164 g/mol. The molecule has 1 aromatic rings. The number of hydrogen-bond donors (Lipinski definition) is 0. The Bertz CT molecular complexity index is 319. The highest BCUT2D eigenvalue weighted by Gasteiger charge is 2.24. The van der Waals surface area contributed by atoms with E-state index in [1.54, 1.807) is 0 Å². The van der Waals surface area contributed by atoms with Crippen LogP contribution >= 0.6 is 0 Å². The highest BCUT2D eigenvalue weighted by atomic mass is 19.1. The first-order valence-corrected chi connectivity index (χ1v) is 4.01. The quantitative estimate of drug-likeness (QED) is 0.570. The second-order valence-electron chi connectivity index (χ2n) is 3.08. The summed E-state index contributed by atoms with van der Waals surface area (Å²) in [5.41, 5.74) is 1.96. The number of rotatable bonds is 0. The number of alkyl halides is 1. The van der Waals surface area contributed by atoms with Crippen molar-refractivity contribution in [3.63, 3.8) is 0 Å². The lowest BCUT2D eigenvalue weighted by atomic mass is 9.90. The normalized spacial score (nSPS) is 22.1. The van der Waals surface area contributed by atoms with Crippen LogP contribution in [0.5, 0.6) is 0 Å². The molecule has 0 N–H and O–H groups in total. The number of carbonyl (C=O) groups excluding carboxylic acids is 1. The van der Waals surface area contributed by atoms with E-state index in [0.717, 1.165) is 11.1 Å². The summed E-state index contributed by atoms with van der Waals surface area (Å²) in [5.74, 6) is -0.284. The number of halogens is 1. The van der Waals surface area contributed by atoms with E-state index in [4.69, 9.17) is 0 Å². The van der Waals surface area contributed by atoms with Gasteiger partial charge in [0.05, 0.1) is 0 Å². The zero-order valence-corrected chi connectivity index (χ0v) is 6.59. The molecular weight excluding hydrogens is 155 g/mol. The molecule has 0 fully saturated rings. The second-order valence-corrected chi connectivity index (χ2v) is 3.08. The lowest BCUT2D eigenvalue weighted by Crippen LogP contribution is -2.26. The van der Waals surface area contributed by atoms with Gasteiger partial charge < -0.3 is 0 Å². The maximum atomic E-state index is 12.9. The number of Topliss-reactive ketones (excluding diaryl/α,β-unsaturated/α-hetero) is 1. The van der Waals surface area contributed by atoms with E-state index in [1.807, 2.05) is 24.3 Å². The van der Waals surface area contributed by atoms with Crippen LogP contribution in [0.3, 0.4) is 0 Å². The van der Waals surface area contributed by atoms with Crippen molar-refractivity contribution < 1.29 is 9.18 Å². The van der Waals surface area contributed by atoms with Crippen LogP contribution < -0.4 is 0 Å². The number of hydrogen-bond acceptors (Lipinski definition) is 1. The fraction of sp³-hybridized carbons (Fsp3) is 0.300. The average molecular weight is 164 g/mol. The van der Waals surface area contributed by atoms with Gasteiger partial charge in [0.2, 0.25) is 0 Å². The Morgan fingerprint density at radius 2 is 1.92 bits per heavy atom. The molecule has 0 heterocycles. The third-order valence-electron chi connectivity index (χ3n) is 2.23. The Labute approximate surface area is 70.2 Å². The number of carbonyl (C=O) groups is 1. The molecule has 0 saturated heterocycles. The fourth-order valence-corrected chi connectivity index (χ4v) is 1.53. The first kappa shape index (κ1) is 7.47. The topological polar surface area (TPSA) is 17.1 Å². The molecule has 0 saturated carbocycles. The van der Waals surface area contributed by atoms with E-state index in [-0.39, 0.29) is 18.6 Å². The minimum Gasteiger partial charge on any atom is -0.296 e. The maximum Gasteiger partial charge on any atom is 0.171 e. The third-order valence-corrected chi connectivity index (χ3v) is 2.23. The van der Waals surface area contributed by atoms with Gasteiger partial charge in [-0.15, -0.1) is 0 Å². The van der Waals surface area contributed by atoms with Gasteiger partial charge >= 0.3 is 0 Å². The highest BCUT2D eigenvalue weighted by molar-refractivity contribution is 5.87. The van der Waals surface area contributed by atoms with Crippen molar-refractivity contribution in [1.29, 1.82) is 0 Å². The van der Waals surface area contributed by atoms with Crippen molar-refractivity contribution in [2.75, 3.05) is 0 Å². The van der Waals surface area contributed by atoms with Crippen LogP contribution in [0.2, 0.25) is 0 Å². The molecule has 1 unspecified atom stereocenters. The standard InChI is InChI=1S/C10H9FO/c11-9-5-7-3-1-2-4-8(7)6-10(9)12/h1-4,9H,5-6H2. The summed E-state index contributed by atoms with van der Waals surface area (Å²) < 4.78 is 12.9. The summed E-state index contributed by atoms with van der Waals surface area (Å²) in [7, 11) is 0. The summed E-state index contributed by atoms with van der Waals surface area (Å²) in [6, 6.07) is 7.53. The molecule has 1 aromatic carbocycles. The predicted octanol–water partition coefficient (Wildman–Crippen LogP) is 1.69. The van der Waals surface area contributed by atoms with Gasteiger partial charge in [0.15, 0.2) is 12.0 Å². The van der Waals surface area contributed by atoms with E-state index in [1.165, 1.54) is 0 Å². The Morgan fingerprint density at radius 1 is 1.25 bits per heavy atom. The summed E-state index contributed by atoms with van der Waals surface area (Å²) in [6.07, 6.45) is -0.758. The van der Waals surface area contributed by atoms with Gasteiger partial charge in [-0.05, 0) is 11.1 Å². The largest absolute Gasteiger partial charge is 0.296 e. The molecule has 1 aliphatic rings. The molecule has 1 nitrogen and oxygen atoms in total. The van der Waals surface area contributed by atoms with Gasteiger partial charge in [-0.2, -0.15) is 0 Å². The van der Waals surface area contributed by atoms with Crippen LogP contribution in [0.1, 0.15) is 11.1 Å². The molecule has 62 valence electrons. The average Bonchev–Trinajstić information content (AvgIpc) is 2.07. The Hall–Kier alpha value is -1.18. The van der Waals surface area contributed by atoms with Crippen molar-refractivity contribution >= 4 is 5.78 Å². The molecule has 1 aliphatic carbocycles. The lowest BCUT2D eigenvalue weighted by Gasteiger charge is -2.17. The molecule has 0 aliphatic heterocycles. The third kappa shape index (κ3) is 1.13. The van der Waals surface area contributed by atoms with Crippen LogP contribution in [0.4, 0.5) is 4.39 Å². The Morgan fingerprint density at radius 3 is 2.67 bits per heavy atom. The summed E-state index contributed by atoms with van der Waals surface area (Å²) >= 11 is 0. The zero-order valence-electron chi connectivity index (χ0n) is 6.59. The fourth-order valence-electron chi connectivity index (χ4n) is 1.53. The predicted molar refractivity (Wildman–Crippen MR) is 43.8 cm³/mol. The molecule has 12 heavy (non-hydrogen) atoms. The van der Waals surface area contributed by atoms with Gasteiger partial charge in [-0.1, -0.05) is 24.3 Å². The molecule has 0 aromatic heterocycles. The molecule has 0 spiro atoms. The van der Waals surface area contributed by atoms with Crippen LogP contribution in [0.25, 0.3) is 0 Å². The second kappa shape index (κ2) is 2.70. The van der Waals surface area contributed by atoms with E-state index >= 15 is 0 Å². The van der Waals surface area contributed by atoms with E-state index in [0.29, 0.717) is 0 Å². The minimum atomic E-state index is -1.28. The first-order valence-electron chi connectivity index (χ1n) is 4.01. The van der Waals surface area contributed by atoms with Crippen LogP contribution in [-0.4, -0.2) is 12.0 Å².